The fourth-order valence-corrected chi connectivity index (χ4v) is 0.841. The minimum absolute atomic E-state index is 0.00829. The van der Waals surface area contributed by atoms with Gasteiger partial charge in [0.25, 0.3) is 0 Å². The van der Waals surface area contributed by atoms with Gasteiger partial charge in [-0.2, -0.15) is 0 Å². The van der Waals surface area contributed by atoms with Crippen molar-refractivity contribution in [2.75, 3.05) is 11.9 Å². The van der Waals surface area contributed by atoms with Gasteiger partial charge in [0.2, 0.25) is 12.2 Å². The third-order valence-electron chi connectivity index (χ3n) is 1.34. The normalized spacial score (nSPS) is 9.31. The summed E-state index contributed by atoms with van der Waals surface area (Å²) in [5.41, 5.74) is 0.313. The molecule has 5 nitrogen and oxygen atoms in total. The average molecular weight is 183 g/mol. The summed E-state index contributed by atoms with van der Waals surface area (Å²) in [5.74, 6) is -0.578. The van der Waals surface area contributed by atoms with Gasteiger partial charge in [-0.25, -0.2) is 4.79 Å². The van der Waals surface area contributed by atoms with Crippen LogP contribution in [0, 0.1) is 0 Å². The largest absolute Gasteiger partial charge is 0.460 e. The Morgan fingerprint density at radius 2 is 2.54 bits per heavy atom. The molecule has 0 atom stereocenters. The second-order valence-corrected chi connectivity index (χ2v) is 2.15. The van der Waals surface area contributed by atoms with Crippen molar-refractivity contribution in [3.63, 3.8) is 0 Å². The lowest BCUT2D eigenvalue weighted by molar-refractivity contribution is -0.105. The first-order valence-electron chi connectivity index (χ1n) is 3.74. The molecule has 0 radical (unpaired) electrons. The van der Waals surface area contributed by atoms with Crippen LogP contribution >= 0.6 is 0 Å². The van der Waals surface area contributed by atoms with E-state index in [1.165, 1.54) is 12.3 Å². The maximum atomic E-state index is 11.1. The van der Waals surface area contributed by atoms with Gasteiger partial charge in [-0.15, -0.1) is 0 Å². The van der Waals surface area contributed by atoms with E-state index in [0.717, 1.165) is 0 Å². The van der Waals surface area contributed by atoms with Crippen LogP contribution in [0.3, 0.4) is 0 Å². The zero-order chi connectivity index (χ0) is 9.68. The monoisotopic (exact) mass is 183 g/mol. The van der Waals surface area contributed by atoms with Crippen molar-refractivity contribution in [2.45, 2.75) is 6.92 Å². The summed E-state index contributed by atoms with van der Waals surface area (Å²) in [5, 5.41) is 2.32. The van der Waals surface area contributed by atoms with Crippen LogP contribution in [0.15, 0.2) is 16.7 Å². The van der Waals surface area contributed by atoms with Crippen molar-refractivity contribution in [1.82, 2.24) is 0 Å². The zero-order valence-electron chi connectivity index (χ0n) is 7.07. The molecule has 0 aromatic carbocycles. The Labute approximate surface area is 74.7 Å². The first kappa shape index (κ1) is 9.31. The Morgan fingerprint density at radius 3 is 3.15 bits per heavy atom. The lowest BCUT2D eigenvalue weighted by atomic mass is 10.4. The number of furan rings is 1. The highest BCUT2D eigenvalue weighted by Crippen LogP contribution is 2.16. The molecule has 0 aliphatic carbocycles. The van der Waals surface area contributed by atoms with Crippen molar-refractivity contribution < 1.29 is 18.7 Å². The first-order chi connectivity index (χ1) is 6.29. The Balaban J connectivity index is 2.80. The van der Waals surface area contributed by atoms with Crippen molar-refractivity contribution in [2.24, 2.45) is 0 Å². The van der Waals surface area contributed by atoms with Crippen molar-refractivity contribution in [3.05, 3.63) is 18.1 Å². The third-order valence-corrected chi connectivity index (χ3v) is 1.34. The number of carbonyl (C=O) groups is 2. The van der Waals surface area contributed by atoms with E-state index in [-0.39, 0.29) is 12.4 Å². The maximum absolute atomic E-state index is 11.1. The molecule has 0 spiro atoms. The molecule has 5 heteroatoms. The van der Waals surface area contributed by atoms with E-state index in [0.29, 0.717) is 12.1 Å². The molecular formula is C8H9NO4. The van der Waals surface area contributed by atoms with Crippen LogP contribution in [0.2, 0.25) is 0 Å². The van der Waals surface area contributed by atoms with Gasteiger partial charge in [0, 0.05) is 6.07 Å². The number of ether oxygens (including phenoxy) is 1. The average Bonchev–Trinajstić information content (AvgIpc) is 2.54. The molecule has 1 aromatic rings. The van der Waals surface area contributed by atoms with Gasteiger partial charge >= 0.3 is 5.97 Å². The van der Waals surface area contributed by atoms with Crippen molar-refractivity contribution in [1.29, 1.82) is 0 Å². The van der Waals surface area contributed by atoms with Crippen LogP contribution in [-0.2, 0) is 9.53 Å². The predicted octanol–water partition coefficient (Wildman–Crippen LogP) is 1.02. The minimum Gasteiger partial charge on any atom is -0.460 e. The highest BCUT2D eigenvalue weighted by molar-refractivity contribution is 5.94. The van der Waals surface area contributed by atoms with Gasteiger partial charge in [0.1, 0.15) is 0 Å². The number of hydrogen-bond acceptors (Lipinski definition) is 4. The second kappa shape index (κ2) is 4.30. The highest BCUT2D eigenvalue weighted by atomic mass is 16.5. The van der Waals surface area contributed by atoms with Crippen LogP contribution in [0.4, 0.5) is 5.69 Å². The number of anilines is 1. The molecule has 1 aromatic heterocycles. The number of amides is 1. The Bertz CT molecular complexity index is 305. The summed E-state index contributed by atoms with van der Waals surface area (Å²) in [6.45, 7) is 1.95. The summed E-state index contributed by atoms with van der Waals surface area (Å²) in [7, 11) is 0. The van der Waals surface area contributed by atoms with E-state index in [9.17, 15) is 9.59 Å². The van der Waals surface area contributed by atoms with Crippen LogP contribution in [0.25, 0.3) is 0 Å². The molecule has 0 unspecified atom stereocenters. The Morgan fingerprint density at radius 1 is 1.77 bits per heavy atom. The van der Waals surface area contributed by atoms with E-state index in [1.54, 1.807) is 6.92 Å². The fraction of sp³-hybridized carbons (Fsp3) is 0.250. The predicted molar refractivity (Wildman–Crippen MR) is 44.4 cm³/mol. The maximum Gasteiger partial charge on any atom is 0.376 e. The minimum atomic E-state index is -0.586. The quantitative estimate of drug-likeness (QED) is 0.559. The number of esters is 1. The molecule has 0 saturated heterocycles. The SMILES string of the molecule is CCOC(=O)c1occc1NC=O. The summed E-state index contributed by atoms with van der Waals surface area (Å²) in [6, 6.07) is 1.47. The van der Waals surface area contributed by atoms with E-state index >= 15 is 0 Å². The van der Waals surface area contributed by atoms with E-state index in [2.05, 4.69) is 10.1 Å². The van der Waals surface area contributed by atoms with Gasteiger partial charge < -0.3 is 14.5 Å². The molecule has 0 saturated carbocycles. The molecular weight excluding hydrogens is 174 g/mol. The summed E-state index contributed by atoms with van der Waals surface area (Å²) in [6.07, 6.45) is 1.77. The molecule has 0 aliphatic rings. The third kappa shape index (κ3) is 2.08. The number of rotatable bonds is 4. The lowest BCUT2D eigenvalue weighted by Crippen LogP contribution is -2.06. The molecule has 1 rings (SSSR count). The van der Waals surface area contributed by atoms with Crippen LogP contribution in [0.5, 0.6) is 0 Å². The summed E-state index contributed by atoms with van der Waals surface area (Å²) < 4.78 is 9.52. The fourth-order valence-electron chi connectivity index (χ4n) is 0.841. The molecule has 0 bridgehead atoms. The molecule has 0 fully saturated rings. The van der Waals surface area contributed by atoms with Crippen LogP contribution in [-0.4, -0.2) is 19.0 Å². The molecule has 1 heterocycles. The molecule has 1 N–H and O–H groups in total. The van der Waals surface area contributed by atoms with E-state index < -0.39 is 5.97 Å². The highest BCUT2D eigenvalue weighted by Gasteiger charge is 2.15. The van der Waals surface area contributed by atoms with Gasteiger partial charge in [-0.1, -0.05) is 0 Å². The Kier molecular flexibility index (Phi) is 3.08. The lowest BCUT2D eigenvalue weighted by Gasteiger charge is -1.99. The molecule has 0 aliphatic heterocycles. The van der Waals surface area contributed by atoms with Gasteiger partial charge in [0.15, 0.2) is 0 Å². The van der Waals surface area contributed by atoms with Gasteiger partial charge in [0.05, 0.1) is 18.6 Å². The number of nitrogens with one attached hydrogen (secondary N) is 1. The first-order valence-corrected chi connectivity index (χ1v) is 3.74. The van der Waals surface area contributed by atoms with E-state index in [4.69, 9.17) is 4.42 Å². The Hall–Kier alpha value is -1.78. The zero-order valence-corrected chi connectivity index (χ0v) is 7.07. The van der Waals surface area contributed by atoms with Gasteiger partial charge in [-0.05, 0) is 6.92 Å². The number of hydrogen-bond donors (Lipinski definition) is 1. The van der Waals surface area contributed by atoms with Crippen LogP contribution in [0.1, 0.15) is 17.5 Å². The topological polar surface area (TPSA) is 68.5 Å². The smallest absolute Gasteiger partial charge is 0.376 e. The molecule has 70 valence electrons. The standard InChI is InChI=1S/C8H9NO4/c1-2-12-8(11)7-6(9-5-10)3-4-13-7/h3-5H,2H2,1H3,(H,9,10). The molecule has 13 heavy (non-hydrogen) atoms. The van der Waals surface area contributed by atoms with Crippen LogP contribution < -0.4 is 5.32 Å². The van der Waals surface area contributed by atoms with Crippen molar-refractivity contribution in [3.8, 4) is 0 Å². The van der Waals surface area contributed by atoms with Crippen molar-refractivity contribution >= 4 is 18.1 Å². The second-order valence-electron chi connectivity index (χ2n) is 2.15. The molecule has 1 amide bonds. The summed E-state index contributed by atoms with van der Waals surface area (Å²) in [4.78, 5) is 21.2. The van der Waals surface area contributed by atoms with E-state index in [1.807, 2.05) is 0 Å². The van der Waals surface area contributed by atoms with Gasteiger partial charge in [-0.3, -0.25) is 4.79 Å². The summed E-state index contributed by atoms with van der Waals surface area (Å²) >= 11 is 0. The number of carbonyl (C=O) groups excluding carboxylic acids is 2.